The van der Waals surface area contributed by atoms with E-state index in [0.717, 1.165) is 22.9 Å². The zero-order valence-electron chi connectivity index (χ0n) is 11.6. The number of fused-ring (bicyclic) bond motifs is 1. The van der Waals surface area contributed by atoms with Gasteiger partial charge < -0.3 is 0 Å². The fourth-order valence-corrected chi connectivity index (χ4v) is 2.66. The van der Waals surface area contributed by atoms with E-state index in [-0.39, 0.29) is 11.4 Å². The van der Waals surface area contributed by atoms with Crippen molar-refractivity contribution >= 4 is 22.6 Å². The van der Waals surface area contributed by atoms with Gasteiger partial charge in [0, 0.05) is 0 Å². The minimum Gasteiger partial charge on any atom is -0.292 e. The van der Waals surface area contributed by atoms with Crippen LogP contribution in [0.25, 0.3) is 16.7 Å². The van der Waals surface area contributed by atoms with E-state index in [9.17, 15) is 8.78 Å². The van der Waals surface area contributed by atoms with Crippen LogP contribution in [0.4, 0.5) is 8.78 Å². The van der Waals surface area contributed by atoms with Gasteiger partial charge in [0.1, 0.15) is 11.3 Å². The molecule has 1 heterocycles. The summed E-state index contributed by atoms with van der Waals surface area (Å²) in [5.74, 6) is -1.19. The molecule has 2 nitrogen and oxygen atoms in total. The van der Waals surface area contributed by atoms with Gasteiger partial charge in [0.25, 0.3) is 0 Å². The van der Waals surface area contributed by atoms with Gasteiger partial charge in [0.2, 0.25) is 0 Å². The molecule has 0 fully saturated rings. The molecule has 3 rings (SSSR count). The van der Waals surface area contributed by atoms with Gasteiger partial charge in [-0.2, -0.15) is 0 Å². The van der Waals surface area contributed by atoms with Gasteiger partial charge in [-0.25, -0.2) is 13.8 Å². The van der Waals surface area contributed by atoms with Crippen LogP contribution >= 0.6 is 11.6 Å². The van der Waals surface area contributed by atoms with E-state index >= 15 is 0 Å². The number of halogens is 3. The molecule has 0 amide bonds. The lowest BCUT2D eigenvalue weighted by Gasteiger charge is -2.13. The predicted octanol–water partition coefficient (Wildman–Crippen LogP) is 4.66. The first-order valence-electron chi connectivity index (χ1n) is 6.52. The lowest BCUT2D eigenvalue weighted by molar-refractivity contribution is 0.514. The summed E-state index contributed by atoms with van der Waals surface area (Å²) in [7, 11) is 0. The van der Waals surface area contributed by atoms with Crippen molar-refractivity contribution in [2.75, 3.05) is 0 Å². The summed E-state index contributed by atoms with van der Waals surface area (Å²) < 4.78 is 29.4. The standard InChI is InChI=1S/C16H13ClF2N2/c1-9-4-3-5-13(10(9)2)21-14(8-17)20-12-7-6-11(18)15(19)16(12)21/h3-7H,8H2,1-2H3. The number of imidazole rings is 1. The lowest BCUT2D eigenvalue weighted by atomic mass is 10.1. The van der Waals surface area contributed by atoms with Gasteiger partial charge in [0.15, 0.2) is 11.6 Å². The molecule has 0 atom stereocenters. The molecular formula is C16H13ClF2N2. The zero-order valence-corrected chi connectivity index (χ0v) is 12.4. The topological polar surface area (TPSA) is 17.8 Å². The fourth-order valence-electron chi connectivity index (χ4n) is 2.48. The fraction of sp³-hybridized carbons (Fsp3) is 0.188. The summed E-state index contributed by atoms with van der Waals surface area (Å²) in [5, 5.41) is 0. The number of aromatic nitrogens is 2. The molecule has 108 valence electrons. The molecule has 21 heavy (non-hydrogen) atoms. The van der Waals surface area contributed by atoms with Gasteiger partial charge >= 0.3 is 0 Å². The number of rotatable bonds is 2. The van der Waals surface area contributed by atoms with E-state index in [2.05, 4.69) is 4.98 Å². The Bertz CT molecular complexity index is 840. The van der Waals surface area contributed by atoms with Crippen molar-refractivity contribution < 1.29 is 8.78 Å². The van der Waals surface area contributed by atoms with Crippen LogP contribution in [0.15, 0.2) is 30.3 Å². The molecule has 5 heteroatoms. The van der Waals surface area contributed by atoms with Crippen LogP contribution in [0.3, 0.4) is 0 Å². The molecule has 0 spiro atoms. The Labute approximate surface area is 126 Å². The van der Waals surface area contributed by atoms with E-state index in [1.54, 1.807) is 4.57 Å². The molecule has 0 radical (unpaired) electrons. The number of benzene rings is 2. The second-order valence-corrected chi connectivity index (χ2v) is 5.21. The van der Waals surface area contributed by atoms with Crippen molar-refractivity contribution in [3.05, 3.63) is 58.9 Å². The van der Waals surface area contributed by atoms with E-state index in [1.807, 2.05) is 32.0 Å². The van der Waals surface area contributed by atoms with Crippen LogP contribution in [0.5, 0.6) is 0 Å². The Morgan fingerprint density at radius 1 is 1.14 bits per heavy atom. The van der Waals surface area contributed by atoms with E-state index in [0.29, 0.717) is 11.3 Å². The zero-order chi connectivity index (χ0) is 15.1. The van der Waals surface area contributed by atoms with E-state index < -0.39 is 11.6 Å². The van der Waals surface area contributed by atoms with Crippen LogP contribution in [-0.4, -0.2) is 9.55 Å². The van der Waals surface area contributed by atoms with Crippen molar-refractivity contribution in [2.24, 2.45) is 0 Å². The van der Waals surface area contributed by atoms with E-state index in [1.165, 1.54) is 6.07 Å². The molecule has 0 N–H and O–H groups in total. The third kappa shape index (κ3) is 2.10. The van der Waals surface area contributed by atoms with Crippen LogP contribution in [0, 0.1) is 25.5 Å². The summed E-state index contributed by atoms with van der Waals surface area (Å²) in [5.41, 5.74) is 3.32. The average Bonchev–Trinajstić information content (AvgIpc) is 2.85. The van der Waals surface area contributed by atoms with Gasteiger partial charge in [-0.05, 0) is 43.2 Å². The van der Waals surface area contributed by atoms with Crippen molar-refractivity contribution in [1.82, 2.24) is 9.55 Å². The molecule has 0 saturated heterocycles. The lowest BCUT2D eigenvalue weighted by Crippen LogP contribution is -2.04. The van der Waals surface area contributed by atoms with Gasteiger partial charge in [0.05, 0.1) is 17.1 Å². The minimum absolute atomic E-state index is 0.114. The first-order chi connectivity index (χ1) is 10.0. The number of hydrogen-bond acceptors (Lipinski definition) is 1. The van der Waals surface area contributed by atoms with Crippen LogP contribution < -0.4 is 0 Å². The highest BCUT2D eigenvalue weighted by atomic mass is 35.5. The third-order valence-corrected chi connectivity index (χ3v) is 3.95. The summed E-state index contributed by atoms with van der Waals surface area (Å²) in [6.07, 6.45) is 0. The first-order valence-corrected chi connectivity index (χ1v) is 7.06. The van der Waals surface area contributed by atoms with Crippen molar-refractivity contribution in [3.63, 3.8) is 0 Å². The maximum absolute atomic E-state index is 14.2. The Morgan fingerprint density at radius 3 is 2.62 bits per heavy atom. The number of alkyl halides is 1. The maximum atomic E-state index is 14.2. The SMILES string of the molecule is Cc1cccc(-n2c(CCl)nc3ccc(F)c(F)c32)c1C. The molecule has 3 aromatic rings. The summed E-state index contributed by atoms with van der Waals surface area (Å²) >= 11 is 5.94. The Kier molecular flexibility index (Phi) is 3.41. The highest BCUT2D eigenvalue weighted by Crippen LogP contribution is 2.28. The van der Waals surface area contributed by atoms with Crippen molar-refractivity contribution in [3.8, 4) is 5.69 Å². The number of nitrogens with zero attached hydrogens (tertiary/aromatic N) is 2. The molecule has 0 unspecified atom stereocenters. The Morgan fingerprint density at radius 2 is 1.90 bits per heavy atom. The number of aryl methyl sites for hydroxylation is 1. The van der Waals surface area contributed by atoms with Crippen molar-refractivity contribution in [1.29, 1.82) is 0 Å². The largest absolute Gasteiger partial charge is 0.292 e. The van der Waals surface area contributed by atoms with Gasteiger partial charge in [-0.15, -0.1) is 11.6 Å². The molecule has 0 aliphatic carbocycles. The Balaban J connectivity index is 2.45. The molecule has 0 saturated carbocycles. The summed E-state index contributed by atoms with van der Waals surface area (Å²) in [6.45, 7) is 3.90. The highest BCUT2D eigenvalue weighted by Gasteiger charge is 2.19. The van der Waals surface area contributed by atoms with E-state index in [4.69, 9.17) is 11.6 Å². The van der Waals surface area contributed by atoms with Crippen molar-refractivity contribution in [2.45, 2.75) is 19.7 Å². The molecule has 1 aromatic heterocycles. The second-order valence-electron chi connectivity index (χ2n) is 4.95. The summed E-state index contributed by atoms with van der Waals surface area (Å²) in [4.78, 5) is 4.30. The third-order valence-electron chi connectivity index (χ3n) is 3.72. The highest BCUT2D eigenvalue weighted by molar-refractivity contribution is 6.17. The first kappa shape index (κ1) is 14.0. The van der Waals surface area contributed by atoms with Crippen LogP contribution in [0.1, 0.15) is 17.0 Å². The quantitative estimate of drug-likeness (QED) is 0.630. The smallest absolute Gasteiger partial charge is 0.185 e. The molecular weight excluding hydrogens is 294 g/mol. The van der Waals surface area contributed by atoms with Crippen LogP contribution in [0.2, 0.25) is 0 Å². The van der Waals surface area contributed by atoms with Crippen LogP contribution in [-0.2, 0) is 5.88 Å². The van der Waals surface area contributed by atoms with Gasteiger partial charge in [-0.3, -0.25) is 4.57 Å². The molecule has 2 aromatic carbocycles. The molecule has 0 aliphatic heterocycles. The van der Waals surface area contributed by atoms with Gasteiger partial charge in [-0.1, -0.05) is 12.1 Å². The molecule has 0 aliphatic rings. The maximum Gasteiger partial charge on any atom is 0.185 e. The second kappa shape index (κ2) is 5.11. The predicted molar refractivity (Wildman–Crippen MR) is 80.0 cm³/mol. The summed E-state index contributed by atoms with van der Waals surface area (Å²) in [6, 6.07) is 8.24. The minimum atomic E-state index is -0.905. The average molecular weight is 307 g/mol. The Hall–Kier alpha value is -1.94. The monoisotopic (exact) mass is 306 g/mol. The number of hydrogen-bond donors (Lipinski definition) is 0. The normalized spacial score (nSPS) is 11.3. The molecule has 0 bridgehead atoms.